The largest absolute Gasteiger partial charge is 0.456 e. The van der Waals surface area contributed by atoms with E-state index in [0.717, 1.165) is 11.3 Å². The van der Waals surface area contributed by atoms with Gasteiger partial charge in [0.2, 0.25) is 5.78 Å². The highest BCUT2D eigenvalue weighted by Crippen LogP contribution is 2.39. The molecule has 1 aliphatic rings. The number of anilines is 1. The Morgan fingerprint density at radius 1 is 1.33 bits per heavy atom. The van der Waals surface area contributed by atoms with Gasteiger partial charge in [0.25, 0.3) is 5.56 Å². The number of ether oxygens (including phenoxy) is 1. The van der Waals surface area contributed by atoms with Gasteiger partial charge in [-0.15, -0.1) is 5.10 Å². The molecular weight excluding hydrogens is 513 g/mol. The van der Waals surface area contributed by atoms with Crippen LogP contribution in [0.15, 0.2) is 41.6 Å². The lowest BCUT2D eigenvalue weighted by Crippen LogP contribution is -2.29. The first-order valence-electron chi connectivity index (χ1n) is 10.6. The number of pyridine rings is 1. The standard InChI is InChI=1S/C22H17ClFN7O4S/c1-10-4-15(21(34)35-8-16(32)17-7-26-22(25)36-17)31-14(10)5-11(6-18(31)33)19-13(30-9-27-28-29-30)3-2-12(23)20(19)24/h2-3,5-7,9-10,15H,4,8H2,1H3,(H2,25,26)/t10-,15-/m0/s1. The Morgan fingerprint density at radius 3 is 2.83 bits per heavy atom. The average molecular weight is 530 g/mol. The second-order valence-electron chi connectivity index (χ2n) is 8.13. The van der Waals surface area contributed by atoms with Gasteiger partial charge in [-0.3, -0.25) is 14.2 Å². The van der Waals surface area contributed by atoms with E-state index >= 15 is 4.39 Å². The van der Waals surface area contributed by atoms with Crippen molar-refractivity contribution in [2.24, 2.45) is 0 Å². The van der Waals surface area contributed by atoms with Crippen molar-refractivity contribution in [2.45, 2.75) is 25.3 Å². The van der Waals surface area contributed by atoms with E-state index in [2.05, 4.69) is 20.5 Å². The smallest absolute Gasteiger partial charge is 0.329 e. The molecule has 0 unspecified atom stereocenters. The lowest BCUT2D eigenvalue weighted by Gasteiger charge is -2.16. The molecule has 0 spiro atoms. The quantitative estimate of drug-likeness (QED) is 0.294. The number of Topliss-reactive ketones (excluding diaryl/α,β-unsaturated/α-hetero) is 1. The van der Waals surface area contributed by atoms with Crippen molar-refractivity contribution in [1.29, 1.82) is 0 Å². The Labute approximate surface area is 211 Å². The van der Waals surface area contributed by atoms with E-state index in [1.54, 1.807) is 12.1 Å². The van der Waals surface area contributed by atoms with Crippen LogP contribution in [0.4, 0.5) is 9.52 Å². The van der Waals surface area contributed by atoms with Crippen LogP contribution >= 0.6 is 22.9 Å². The number of carbonyl (C=O) groups is 2. The highest BCUT2D eigenvalue weighted by atomic mass is 35.5. The number of nitrogen functional groups attached to an aromatic ring is 1. The normalized spacial score (nSPS) is 16.6. The van der Waals surface area contributed by atoms with E-state index in [9.17, 15) is 14.4 Å². The number of thiazole rings is 1. The first-order valence-corrected chi connectivity index (χ1v) is 11.8. The fourth-order valence-electron chi connectivity index (χ4n) is 4.22. The number of rotatable bonds is 6. The minimum absolute atomic E-state index is 0.0444. The molecule has 14 heteroatoms. The third-order valence-electron chi connectivity index (χ3n) is 5.86. The third-order valence-corrected chi connectivity index (χ3v) is 7.02. The number of aromatic nitrogens is 6. The molecule has 0 radical (unpaired) electrons. The fourth-order valence-corrected chi connectivity index (χ4v) is 4.99. The summed E-state index contributed by atoms with van der Waals surface area (Å²) in [5.74, 6) is -2.13. The molecule has 5 rings (SSSR count). The molecule has 0 saturated carbocycles. The van der Waals surface area contributed by atoms with E-state index in [4.69, 9.17) is 22.1 Å². The lowest BCUT2D eigenvalue weighted by molar-refractivity contribution is -0.146. The summed E-state index contributed by atoms with van der Waals surface area (Å²) in [5, 5.41) is 11.1. The van der Waals surface area contributed by atoms with Crippen molar-refractivity contribution in [3.63, 3.8) is 0 Å². The molecule has 0 aliphatic carbocycles. The maximum atomic E-state index is 15.2. The van der Waals surface area contributed by atoms with Gasteiger partial charge in [0, 0.05) is 17.3 Å². The molecule has 1 aliphatic heterocycles. The highest BCUT2D eigenvalue weighted by molar-refractivity contribution is 7.17. The highest BCUT2D eigenvalue weighted by Gasteiger charge is 2.36. The molecule has 0 saturated heterocycles. The Hall–Kier alpha value is -3.97. The number of hydrogen-bond acceptors (Lipinski definition) is 10. The zero-order chi connectivity index (χ0) is 25.6. The van der Waals surface area contributed by atoms with Crippen LogP contribution in [0.1, 0.15) is 40.7 Å². The fraction of sp³-hybridized carbons (Fsp3) is 0.227. The molecular formula is C22H17ClFN7O4S. The maximum Gasteiger partial charge on any atom is 0.329 e. The van der Waals surface area contributed by atoms with Crippen molar-refractivity contribution < 1.29 is 18.7 Å². The minimum Gasteiger partial charge on any atom is -0.456 e. The van der Waals surface area contributed by atoms with Crippen LogP contribution in [0.3, 0.4) is 0 Å². The van der Waals surface area contributed by atoms with Crippen LogP contribution < -0.4 is 11.3 Å². The van der Waals surface area contributed by atoms with E-state index in [1.165, 1.54) is 33.9 Å². The molecule has 36 heavy (non-hydrogen) atoms. The zero-order valence-electron chi connectivity index (χ0n) is 18.6. The molecule has 184 valence electrons. The second-order valence-corrected chi connectivity index (χ2v) is 9.60. The van der Waals surface area contributed by atoms with Crippen LogP contribution in [0, 0.1) is 5.82 Å². The molecule has 4 aromatic rings. The summed E-state index contributed by atoms with van der Waals surface area (Å²) < 4.78 is 23.0. The van der Waals surface area contributed by atoms with E-state index in [-0.39, 0.29) is 44.2 Å². The second kappa shape index (κ2) is 9.24. The van der Waals surface area contributed by atoms with Gasteiger partial charge in [-0.1, -0.05) is 29.9 Å². The number of nitrogens with two attached hydrogens (primary N) is 1. The topological polar surface area (TPSA) is 148 Å². The number of fused-ring (bicyclic) bond motifs is 1. The molecule has 0 amide bonds. The van der Waals surface area contributed by atoms with Crippen LogP contribution in [-0.4, -0.2) is 48.1 Å². The number of nitrogens with zero attached hydrogens (tertiary/aromatic N) is 6. The molecule has 2 N–H and O–H groups in total. The van der Waals surface area contributed by atoms with Gasteiger partial charge in [0.05, 0.1) is 21.8 Å². The van der Waals surface area contributed by atoms with Crippen molar-refractivity contribution >= 4 is 39.8 Å². The molecule has 4 heterocycles. The van der Waals surface area contributed by atoms with Crippen LogP contribution in [0.5, 0.6) is 0 Å². The predicted molar refractivity (Wildman–Crippen MR) is 128 cm³/mol. The van der Waals surface area contributed by atoms with E-state index < -0.39 is 35.8 Å². The van der Waals surface area contributed by atoms with E-state index in [1.807, 2.05) is 6.92 Å². The number of carbonyl (C=O) groups excluding carboxylic acids is 2. The summed E-state index contributed by atoms with van der Waals surface area (Å²) in [6, 6.07) is 4.83. The van der Waals surface area contributed by atoms with Crippen LogP contribution in [0.2, 0.25) is 5.02 Å². The Balaban J connectivity index is 1.47. The van der Waals surface area contributed by atoms with Gasteiger partial charge in [-0.2, -0.15) is 4.68 Å². The summed E-state index contributed by atoms with van der Waals surface area (Å²) in [7, 11) is 0. The van der Waals surface area contributed by atoms with Crippen molar-refractivity contribution in [3.8, 4) is 16.8 Å². The van der Waals surface area contributed by atoms with Gasteiger partial charge in [-0.25, -0.2) is 14.2 Å². The maximum absolute atomic E-state index is 15.2. The summed E-state index contributed by atoms with van der Waals surface area (Å²) in [6.45, 7) is 1.33. The zero-order valence-corrected chi connectivity index (χ0v) is 20.2. The summed E-state index contributed by atoms with van der Waals surface area (Å²) in [5.41, 5.74) is 6.11. The SMILES string of the molecule is C[C@H]1C[C@@H](C(=O)OCC(=O)c2cnc(N)s2)n2c1cc(-c1c(-n3cnnn3)ccc(Cl)c1F)cc2=O. The number of ketones is 1. The molecule has 0 bridgehead atoms. The first-order chi connectivity index (χ1) is 17.2. The Morgan fingerprint density at radius 2 is 2.14 bits per heavy atom. The van der Waals surface area contributed by atoms with Gasteiger partial charge in [0.1, 0.15) is 12.4 Å². The van der Waals surface area contributed by atoms with Crippen molar-refractivity contribution in [1.82, 2.24) is 29.8 Å². The lowest BCUT2D eigenvalue weighted by atomic mass is 9.99. The monoisotopic (exact) mass is 529 g/mol. The Kier molecular flexibility index (Phi) is 6.10. The molecule has 11 nitrogen and oxygen atoms in total. The minimum atomic E-state index is -0.931. The van der Waals surface area contributed by atoms with Crippen molar-refractivity contribution in [3.05, 3.63) is 68.6 Å². The predicted octanol–water partition coefficient (Wildman–Crippen LogP) is 2.80. The van der Waals surface area contributed by atoms with Gasteiger partial charge in [-0.05, 0) is 46.5 Å². The number of tetrazole rings is 1. The molecule has 3 aromatic heterocycles. The summed E-state index contributed by atoms with van der Waals surface area (Å²) in [6.07, 6.45) is 2.88. The molecule has 0 fully saturated rings. The number of halogens is 2. The Bertz CT molecular complexity index is 1550. The first kappa shape index (κ1) is 23.8. The number of hydrogen-bond donors (Lipinski definition) is 1. The van der Waals surface area contributed by atoms with E-state index in [0.29, 0.717) is 5.69 Å². The third kappa shape index (κ3) is 4.16. The van der Waals surface area contributed by atoms with Gasteiger partial charge in [0.15, 0.2) is 17.6 Å². The van der Waals surface area contributed by atoms with Gasteiger partial charge >= 0.3 is 5.97 Å². The summed E-state index contributed by atoms with van der Waals surface area (Å²) >= 11 is 7.02. The van der Waals surface area contributed by atoms with Crippen LogP contribution in [-0.2, 0) is 9.53 Å². The summed E-state index contributed by atoms with van der Waals surface area (Å²) in [4.78, 5) is 42.3. The molecule has 1 aromatic carbocycles. The van der Waals surface area contributed by atoms with Crippen LogP contribution in [0.25, 0.3) is 16.8 Å². The van der Waals surface area contributed by atoms with Gasteiger partial charge < -0.3 is 10.5 Å². The molecule has 2 atom stereocenters. The number of esters is 1. The average Bonchev–Trinajstić information content (AvgIpc) is 3.60. The van der Waals surface area contributed by atoms with Crippen molar-refractivity contribution in [2.75, 3.05) is 12.3 Å². The number of benzene rings is 1.